The molecule has 0 radical (unpaired) electrons. The van der Waals surface area contributed by atoms with Crippen molar-refractivity contribution < 1.29 is 9.47 Å². The molecule has 21 heavy (non-hydrogen) atoms. The molecule has 0 aliphatic carbocycles. The van der Waals surface area contributed by atoms with E-state index in [-0.39, 0.29) is 0 Å². The zero-order chi connectivity index (χ0) is 15.2. The van der Waals surface area contributed by atoms with Crippen LogP contribution in [0.1, 0.15) is 12.5 Å². The lowest BCUT2D eigenvalue weighted by molar-refractivity contribution is 0.308. The van der Waals surface area contributed by atoms with E-state index in [0.29, 0.717) is 13.2 Å². The summed E-state index contributed by atoms with van der Waals surface area (Å²) in [7, 11) is 1.65. The maximum atomic E-state index is 5.73. The Morgan fingerprint density at radius 1 is 1.05 bits per heavy atom. The van der Waals surface area contributed by atoms with Gasteiger partial charge >= 0.3 is 0 Å². The summed E-state index contributed by atoms with van der Waals surface area (Å²) >= 11 is 6.94. The SMILES string of the molecule is CCOc1c(CNc2ccc(Br)cc2)cc(Br)cc1OC. The average Bonchev–Trinajstić information content (AvgIpc) is 2.48. The molecule has 0 aliphatic heterocycles. The molecule has 0 fully saturated rings. The van der Waals surface area contributed by atoms with E-state index in [4.69, 9.17) is 9.47 Å². The van der Waals surface area contributed by atoms with Crippen molar-refractivity contribution in [2.75, 3.05) is 19.0 Å². The number of hydrogen-bond donors (Lipinski definition) is 1. The molecule has 2 rings (SSSR count). The lowest BCUT2D eigenvalue weighted by atomic mass is 10.1. The largest absolute Gasteiger partial charge is 0.493 e. The van der Waals surface area contributed by atoms with Gasteiger partial charge in [-0.3, -0.25) is 0 Å². The van der Waals surface area contributed by atoms with Gasteiger partial charge in [0, 0.05) is 26.7 Å². The van der Waals surface area contributed by atoms with Crippen LogP contribution in [0.3, 0.4) is 0 Å². The Labute approximate surface area is 141 Å². The lowest BCUT2D eigenvalue weighted by Gasteiger charge is -2.16. The average molecular weight is 415 g/mol. The highest BCUT2D eigenvalue weighted by Crippen LogP contribution is 2.35. The zero-order valence-corrected chi connectivity index (χ0v) is 15.1. The summed E-state index contributed by atoms with van der Waals surface area (Å²) in [4.78, 5) is 0. The van der Waals surface area contributed by atoms with Crippen molar-refractivity contribution in [3.8, 4) is 11.5 Å². The van der Waals surface area contributed by atoms with Gasteiger partial charge in [-0.2, -0.15) is 0 Å². The fourth-order valence-electron chi connectivity index (χ4n) is 1.98. The second-order valence-electron chi connectivity index (χ2n) is 4.39. The minimum absolute atomic E-state index is 0.600. The Bertz CT molecular complexity index is 600. The monoisotopic (exact) mass is 413 g/mol. The minimum atomic E-state index is 0.600. The van der Waals surface area contributed by atoms with Crippen LogP contribution in [0, 0.1) is 0 Å². The summed E-state index contributed by atoms with van der Waals surface area (Å²) in [6.45, 7) is 3.23. The van der Waals surface area contributed by atoms with Crippen LogP contribution < -0.4 is 14.8 Å². The van der Waals surface area contributed by atoms with Crippen LogP contribution in [0.4, 0.5) is 5.69 Å². The maximum absolute atomic E-state index is 5.73. The molecule has 0 saturated heterocycles. The number of ether oxygens (including phenoxy) is 2. The standard InChI is InChI=1S/C16H17Br2NO2/c1-3-21-16-11(8-13(18)9-15(16)20-2)10-19-14-6-4-12(17)5-7-14/h4-9,19H,3,10H2,1-2H3. The Hall–Kier alpha value is -1.20. The van der Waals surface area contributed by atoms with E-state index < -0.39 is 0 Å². The highest BCUT2D eigenvalue weighted by atomic mass is 79.9. The molecule has 2 aromatic rings. The molecule has 0 atom stereocenters. The van der Waals surface area contributed by atoms with E-state index in [1.165, 1.54) is 0 Å². The van der Waals surface area contributed by atoms with Crippen molar-refractivity contribution in [1.29, 1.82) is 0 Å². The van der Waals surface area contributed by atoms with E-state index in [1.807, 2.05) is 43.3 Å². The Morgan fingerprint density at radius 3 is 2.38 bits per heavy atom. The van der Waals surface area contributed by atoms with E-state index in [9.17, 15) is 0 Å². The van der Waals surface area contributed by atoms with Crippen LogP contribution in [-0.4, -0.2) is 13.7 Å². The quantitative estimate of drug-likeness (QED) is 0.701. The van der Waals surface area contributed by atoms with E-state index >= 15 is 0 Å². The van der Waals surface area contributed by atoms with Gasteiger partial charge in [-0.05, 0) is 43.3 Å². The molecule has 112 valence electrons. The molecule has 0 saturated carbocycles. The fourth-order valence-corrected chi connectivity index (χ4v) is 2.73. The van der Waals surface area contributed by atoms with Crippen molar-refractivity contribution in [3.63, 3.8) is 0 Å². The first kappa shape index (κ1) is 16.2. The van der Waals surface area contributed by atoms with E-state index in [1.54, 1.807) is 7.11 Å². The Balaban J connectivity index is 2.21. The summed E-state index contributed by atoms with van der Waals surface area (Å²) in [5.74, 6) is 1.52. The molecular weight excluding hydrogens is 398 g/mol. The molecule has 0 aromatic heterocycles. The highest BCUT2D eigenvalue weighted by Gasteiger charge is 2.12. The summed E-state index contributed by atoms with van der Waals surface area (Å²) < 4.78 is 13.2. The van der Waals surface area contributed by atoms with Crippen molar-refractivity contribution in [3.05, 3.63) is 50.9 Å². The van der Waals surface area contributed by atoms with Crippen molar-refractivity contribution >= 4 is 37.5 Å². The highest BCUT2D eigenvalue weighted by molar-refractivity contribution is 9.10. The predicted molar refractivity (Wildman–Crippen MR) is 93.3 cm³/mol. The van der Waals surface area contributed by atoms with E-state index in [0.717, 1.165) is 31.7 Å². The molecular formula is C16H17Br2NO2. The van der Waals surface area contributed by atoms with Gasteiger partial charge < -0.3 is 14.8 Å². The van der Waals surface area contributed by atoms with Gasteiger partial charge in [0.05, 0.1) is 13.7 Å². The number of benzene rings is 2. The Kier molecular flexibility index (Phi) is 5.94. The molecule has 0 heterocycles. The number of rotatable bonds is 6. The molecule has 2 aromatic carbocycles. The Morgan fingerprint density at radius 2 is 1.76 bits per heavy atom. The molecule has 5 heteroatoms. The molecule has 0 bridgehead atoms. The van der Waals surface area contributed by atoms with Gasteiger partial charge in [0.25, 0.3) is 0 Å². The van der Waals surface area contributed by atoms with Crippen LogP contribution in [0.15, 0.2) is 45.3 Å². The summed E-state index contributed by atoms with van der Waals surface area (Å²) in [5, 5.41) is 3.39. The molecule has 1 N–H and O–H groups in total. The van der Waals surface area contributed by atoms with Crippen LogP contribution in [0.2, 0.25) is 0 Å². The maximum Gasteiger partial charge on any atom is 0.166 e. The second kappa shape index (κ2) is 7.71. The van der Waals surface area contributed by atoms with Gasteiger partial charge in [0.2, 0.25) is 0 Å². The van der Waals surface area contributed by atoms with E-state index in [2.05, 4.69) is 37.2 Å². The topological polar surface area (TPSA) is 30.5 Å². The van der Waals surface area contributed by atoms with Gasteiger partial charge in [0.1, 0.15) is 0 Å². The molecule has 0 spiro atoms. The van der Waals surface area contributed by atoms with Crippen molar-refractivity contribution in [2.45, 2.75) is 13.5 Å². The summed E-state index contributed by atoms with van der Waals surface area (Å²) in [6, 6.07) is 12.0. The molecule has 0 unspecified atom stereocenters. The number of nitrogens with one attached hydrogen (secondary N) is 1. The first-order valence-corrected chi connectivity index (χ1v) is 8.21. The first-order valence-electron chi connectivity index (χ1n) is 6.62. The van der Waals surface area contributed by atoms with Crippen LogP contribution in [0.25, 0.3) is 0 Å². The number of anilines is 1. The normalized spacial score (nSPS) is 10.3. The van der Waals surface area contributed by atoms with Gasteiger partial charge in [-0.15, -0.1) is 0 Å². The summed E-state index contributed by atoms with van der Waals surface area (Å²) in [5.41, 5.74) is 2.10. The van der Waals surface area contributed by atoms with Gasteiger partial charge in [-0.1, -0.05) is 31.9 Å². The predicted octanol–water partition coefficient (Wildman–Crippen LogP) is 5.23. The zero-order valence-electron chi connectivity index (χ0n) is 12.0. The van der Waals surface area contributed by atoms with Crippen molar-refractivity contribution in [2.24, 2.45) is 0 Å². The smallest absolute Gasteiger partial charge is 0.166 e. The van der Waals surface area contributed by atoms with Crippen LogP contribution in [0.5, 0.6) is 11.5 Å². The third-order valence-corrected chi connectivity index (χ3v) is 3.92. The van der Waals surface area contributed by atoms with Crippen LogP contribution >= 0.6 is 31.9 Å². The molecule has 0 aliphatic rings. The molecule has 3 nitrogen and oxygen atoms in total. The van der Waals surface area contributed by atoms with Crippen LogP contribution in [-0.2, 0) is 6.54 Å². The van der Waals surface area contributed by atoms with Gasteiger partial charge in [-0.25, -0.2) is 0 Å². The number of hydrogen-bond acceptors (Lipinski definition) is 3. The third-order valence-electron chi connectivity index (χ3n) is 2.93. The van der Waals surface area contributed by atoms with Crippen molar-refractivity contribution in [1.82, 2.24) is 0 Å². The third kappa shape index (κ3) is 4.38. The summed E-state index contributed by atoms with van der Waals surface area (Å²) in [6.07, 6.45) is 0. The fraction of sp³-hybridized carbons (Fsp3) is 0.250. The first-order chi connectivity index (χ1) is 10.1. The molecule has 0 amide bonds. The minimum Gasteiger partial charge on any atom is -0.493 e. The van der Waals surface area contributed by atoms with Gasteiger partial charge in [0.15, 0.2) is 11.5 Å². The second-order valence-corrected chi connectivity index (χ2v) is 6.22. The number of methoxy groups -OCH3 is 1. The number of halogens is 2. The lowest BCUT2D eigenvalue weighted by Crippen LogP contribution is -2.05.